The SMILES string of the molecule is CCCC(NC(=O)N1CCOC2CCCCC21)C(=O)O. The number of carbonyl (C=O) groups excluding carboxylic acids is 1. The molecule has 0 aromatic carbocycles. The summed E-state index contributed by atoms with van der Waals surface area (Å²) >= 11 is 0. The molecule has 1 aliphatic carbocycles. The molecule has 0 aromatic rings. The van der Waals surface area contributed by atoms with Crippen LogP contribution in [0, 0.1) is 0 Å². The van der Waals surface area contributed by atoms with Gasteiger partial charge < -0.3 is 20.1 Å². The molecule has 1 saturated heterocycles. The lowest BCUT2D eigenvalue weighted by Crippen LogP contribution is -2.59. The predicted molar refractivity (Wildman–Crippen MR) is 73.6 cm³/mol. The van der Waals surface area contributed by atoms with Crippen molar-refractivity contribution in [1.29, 1.82) is 0 Å². The molecular weight excluding hydrogens is 260 g/mol. The van der Waals surface area contributed by atoms with Crippen molar-refractivity contribution in [3.8, 4) is 0 Å². The van der Waals surface area contributed by atoms with Crippen molar-refractivity contribution in [1.82, 2.24) is 10.2 Å². The molecule has 6 nitrogen and oxygen atoms in total. The number of ether oxygens (including phenoxy) is 1. The molecule has 0 aromatic heterocycles. The minimum atomic E-state index is -0.964. The minimum absolute atomic E-state index is 0.105. The van der Waals surface area contributed by atoms with Gasteiger partial charge >= 0.3 is 12.0 Å². The predicted octanol–water partition coefficient (Wildman–Crippen LogP) is 1.59. The van der Waals surface area contributed by atoms with Crippen molar-refractivity contribution in [3.63, 3.8) is 0 Å². The number of carboxylic acids is 1. The van der Waals surface area contributed by atoms with E-state index in [1.165, 1.54) is 0 Å². The summed E-state index contributed by atoms with van der Waals surface area (Å²) < 4.78 is 5.72. The number of nitrogens with one attached hydrogen (secondary N) is 1. The van der Waals surface area contributed by atoms with Crippen molar-refractivity contribution < 1.29 is 19.4 Å². The first-order valence-electron chi connectivity index (χ1n) is 7.55. The van der Waals surface area contributed by atoms with Gasteiger partial charge in [0.1, 0.15) is 6.04 Å². The van der Waals surface area contributed by atoms with Crippen LogP contribution in [0.3, 0.4) is 0 Å². The molecule has 1 aliphatic heterocycles. The highest BCUT2D eigenvalue weighted by molar-refractivity contribution is 5.82. The van der Waals surface area contributed by atoms with E-state index in [1.807, 2.05) is 6.92 Å². The standard InChI is InChI=1S/C14H24N2O4/c1-2-5-10(13(17)18)15-14(19)16-8-9-20-12-7-4-3-6-11(12)16/h10-12H,2-9H2,1H3,(H,15,19)(H,17,18). The Hall–Kier alpha value is -1.30. The molecule has 1 heterocycles. The van der Waals surface area contributed by atoms with Crippen molar-refractivity contribution >= 4 is 12.0 Å². The first-order valence-corrected chi connectivity index (χ1v) is 7.55. The average Bonchev–Trinajstić information content (AvgIpc) is 2.46. The van der Waals surface area contributed by atoms with Crippen LogP contribution in [0.5, 0.6) is 0 Å². The first-order chi connectivity index (χ1) is 9.63. The Bertz CT molecular complexity index is 359. The van der Waals surface area contributed by atoms with Gasteiger partial charge in [-0.15, -0.1) is 0 Å². The molecule has 114 valence electrons. The summed E-state index contributed by atoms with van der Waals surface area (Å²) in [5, 5.41) is 11.8. The number of carboxylic acid groups (broad SMARTS) is 1. The van der Waals surface area contributed by atoms with Crippen LogP contribution in [0.1, 0.15) is 45.4 Å². The number of aliphatic carboxylic acids is 1. The van der Waals surface area contributed by atoms with Crippen molar-refractivity contribution in [2.75, 3.05) is 13.2 Å². The Balaban J connectivity index is 1.97. The van der Waals surface area contributed by atoms with Gasteiger partial charge in [0.2, 0.25) is 0 Å². The molecule has 6 heteroatoms. The monoisotopic (exact) mass is 284 g/mol. The number of amides is 2. The summed E-state index contributed by atoms with van der Waals surface area (Å²) in [6.45, 7) is 3.00. The Kier molecular flexibility index (Phi) is 5.23. The number of carbonyl (C=O) groups is 2. The third-order valence-corrected chi connectivity index (χ3v) is 4.17. The number of nitrogens with zero attached hydrogens (tertiary/aromatic N) is 1. The van der Waals surface area contributed by atoms with Crippen LogP contribution in [0.4, 0.5) is 4.79 Å². The Morgan fingerprint density at radius 2 is 2.15 bits per heavy atom. The van der Waals surface area contributed by atoms with Gasteiger partial charge in [-0.05, 0) is 19.3 Å². The van der Waals surface area contributed by atoms with Gasteiger partial charge in [0.15, 0.2) is 0 Å². The highest BCUT2D eigenvalue weighted by Crippen LogP contribution is 2.28. The zero-order valence-corrected chi connectivity index (χ0v) is 12.0. The lowest BCUT2D eigenvalue weighted by Gasteiger charge is -2.43. The number of fused-ring (bicyclic) bond motifs is 1. The second kappa shape index (κ2) is 6.92. The second-order valence-corrected chi connectivity index (χ2v) is 5.58. The number of rotatable bonds is 4. The lowest BCUT2D eigenvalue weighted by atomic mass is 9.90. The number of morpholine rings is 1. The maximum atomic E-state index is 12.3. The van der Waals surface area contributed by atoms with Gasteiger partial charge in [0.05, 0.1) is 18.8 Å². The molecule has 3 atom stereocenters. The van der Waals surface area contributed by atoms with E-state index in [4.69, 9.17) is 9.84 Å². The van der Waals surface area contributed by atoms with Crippen LogP contribution in [0.15, 0.2) is 0 Å². The van der Waals surface area contributed by atoms with Gasteiger partial charge in [-0.25, -0.2) is 9.59 Å². The van der Waals surface area contributed by atoms with Gasteiger partial charge in [-0.2, -0.15) is 0 Å². The molecule has 20 heavy (non-hydrogen) atoms. The third-order valence-electron chi connectivity index (χ3n) is 4.17. The average molecular weight is 284 g/mol. The number of hydrogen-bond donors (Lipinski definition) is 2. The van der Waals surface area contributed by atoms with Gasteiger partial charge in [0, 0.05) is 6.54 Å². The first kappa shape index (κ1) is 15.1. The molecule has 0 radical (unpaired) electrons. The molecule has 2 N–H and O–H groups in total. The molecule has 1 saturated carbocycles. The lowest BCUT2D eigenvalue weighted by molar-refractivity contribution is -0.139. The number of hydrogen-bond acceptors (Lipinski definition) is 3. The van der Waals surface area contributed by atoms with Crippen LogP contribution in [-0.2, 0) is 9.53 Å². The van der Waals surface area contributed by atoms with Gasteiger partial charge in [0.25, 0.3) is 0 Å². The van der Waals surface area contributed by atoms with Crippen LogP contribution >= 0.6 is 0 Å². The van der Waals surface area contributed by atoms with E-state index in [9.17, 15) is 9.59 Å². The summed E-state index contributed by atoms with van der Waals surface area (Å²) in [7, 11) is 0. The smallest absolute Gasteiger partial charge is 0.326 e. The van der Waals surface area contributed by atoms with E-state index >= 15 is 0 Å². The summed E-state index contributed by atoms with van der Waals surface area (Å²) in [5.41, 5.74) is 0. The molecule has 0 spiro atoms. The highest BCUT2D eigenvalue weighted by Gasteiger charge is 2.37. The molecule has 3 unspecified atom stereocenters. The highest BCUT2D eigenvalue weighted by atomic mass is 16.5. The molecule has 2 aliphatic rings. The fourth-order valence-corrected chi connectivity index (χ4v) is 3.13. The molecule has 2 amide bonds. The fourth-order valence-electron chi connectivity index (χ4n) is 3.13. The van der Waals surface area contributed by atoms with E-state index in [0.717, 1.165) is 32.1 Å². The fraction of sp³-hybridized carbons (Fsp3) is 0.857. The van der Waals surface area contributed by atoms with Crippen LogP contribution in [0.2, 0.25) is 0 Å². The maximum Gasteiger partial charge on any atom is 0.326 e. The largest absolute Gasteiger partial charge is 0.480 e. The Morgan fingerprint density at radius 3 is 2.85 bits per heavy atom. The van der Waals surface area contributed by atoms with Gasteiger partial charge in [-0.1, -0.05) is 26.2 Å². The second-order valence-electron chi connectivity index (χ2n) is 5.58. The molecule has 2 rings (SSSR count). The summed E-state index contributed by atoms with van der Waals surface area (Å²) in [6.07, 6.45) is 5.50. The van der Waals surface area contributed by atoms with E-state index in [-0.39, 0.29) is 18.2 Å². The minimum Gasteiger partial charge on any atom is -0.480 e. The van der Waals surface area contributed by atoms with Gasteiger partial charge in [-0.3, -0.25) is 0 Å². The zero-order chi connectivity index (χ0) is 14.5. The summed E-state index contributed by atoms with van der Waals surface area (Å²) in [6, 6.07) is -0.947. The van der Waals surface area contributed by atoms with E-state index in [0.29, 0.717) is 19.6 Å². The van der Waals surface area contributed by atoms with E-state index in [1.54, 1.807) is 4.90 Å². The zero-order valence-electron chi connectivity index (χ0n) is 12.0. The molecule has 0 bridgehead atoms. The van der Waals surface area contributed by atoms with Crippen molar-refractivity contribution in [3.05, 3.63) is 0 Å². The normalized spacial score (nSPS) is 27.6. The van der Waals surface area contributed by atoms with E-state index in [2.05, 4.69) is 5.32 Å². The van der Waals surface area contributed by atoms with Crippen LogP contribution in [-0.4, -0.2) is 53.3 Å². The summed E-state index contributed by atoms with van der Waals surface area (Å²) in [4.78, 5) is 25.2. The summed E-state index contributed by atoms with van der Waals surface area (Å²) in [5.74, 6) is -0.964. The molecular formula is C14H24N2O4. The van der Waals surface area contributed by atoms with Crippen LogP contribution in [0.25, 0.3) is 0 Å². The van der Waals surface area contributed by atoms with E-state index < -0.39 is 12.0 Å². The topological polar surface area (TPSA) is 78.9 Å². The van der Waals surface area contributed by atoms with Crippen molar-refractivity contribution in [2.45, 2.75) is 63.6 Å². The maximum absolute atomic E-state index is 12.3. The Labute approximate surface area is 119 Å². The third kappa shape index (κ3) is 3.42. The van der Waals surface area contributed by atoms with Crippen LogP contribution < -0.4 is 5.32 Å². The molecule has 2 fully saturated rings. The Morgan fingerprint density at radius 1 is 1.40 bits per heavy atom. The number of urea groups is 1. The van der Waals surface area contributed by atoms with Crippen molar-refractivity contribution in [2.24, 2.45) is 0 Å². The quantitative estimate of drug-likeness (QED) is 0.821.